The van der Waals surface area contributed by atoms with Gasteiger partial charge in [-0.15, -0.1) is 0 Å². The lowest BCUT2D eigenvalue weighted by Crippen LogP contribution is -2.44. The van der Waals surface area contributed by atoms with Gasteiger partial charge in [0, 0.05) is 49.3 Å². The molecule has 6 heteroatoms. The molecule has 0 saturated carbocycles. The summed E-state index contributed by atoms with van der Waals surface area (Å²) in [5, 5.41) is 7.44. The Morgan fingerprint density at radius 3 is 2.80 bits per heavy atom. The van der Waals surface area contributed by atoms with Gasteiger partial charge < -0.3 is 9.80 Å². The number of amides is 2. The van der Waals surface area contributed by atoms with Crippen molar-refractivity contribution in [1.29, 1.82) is 0 Å². The molecule has 2 amide bonds. The molecule has 136 valence electrons. The molecule has 2 saturated heterocycles. The molecule has 0 radical (unpaired) electrons. The van der Waals surface area contributed by atoms with Crippen LogP contribution in [0.4, 0.5) is 0 Å². The van der Waals surface area contributed by atoms with E-state index in [0.29, 0.717) is 18.0 Å². The second-order valence-corrected chi connectivity index (χ2v) is 8.25. The number of carbonyl (C=O) groups excluding carboxylic acids is 2. The average molecular weight is 344 g/mol. The Bertz CT molecular complexity index is 688. The van der Waals surface area contributed by atoms with Gasteiger partial charge in [-0.2, -0.15) is 5.10 Å². The van der Waals surface area contributed by atoms with Crippen LogP contribution >= 0.6 is 0 Å². The minimum atomic E-state index is 0.0677. The molecule has 25 heavy (non-hydrogen) atoms. The van der Waals surface area contributed by atoms with Crippen molar-refractivity contribution in [2.45, 2.75) is 52.4 Å². The number of hydrogen-bond acceptors (Lipinski definition) is 3. The van der Waals surface area contributed by atoms with Gasteiger partial charge in [-0.3, -0.25) is 14.7 Å². The molecule has 3 heterocycles. The predicted molar refractivity (Wildman–Crippen MR) is 94.2 cm³/mol. The summed E-state index contributed by atoms with van der Waals surface area (Å²) in [5.74, 6) is 0.960. The minimum Gasteiger partial charge on any atom is -0.342 e. The molecule has 1 aromatic heterocycles. The fraction of sp³-hybridized carbons (Fsp3) is 0.737. The van der Waals surface area contributed by atoms with Gasteiger partial charge >= 0.3 is 0 Å². The Balaban J connectivity index is 1.44. The summed E-state index contributed by atoms with van der Waals surface area (Å²) >= 11 is 0. The van der Waals surface area contributed by atoms with Crippen molar-refractivity contribution < 1.29 is 9.59 Å². The third-order valence-electron chi connectivity index (χ3n) is 6.49. The van der Waals surface area contributed by atoms with Gasteiger partial charge in [-0.25, -0.2) is 0 Å². The molecule has 1 N–H and O–H groups in total. The highest BCUT2D eigenvalue weighted by Gasteiger charge is 2.45. The maximum atomic E-state index is 13.0. The van der Waals surface area contributed by atoms with Gasteiger partial charge in [0.15, 0.2) is 5.69 Å². The standard InChI is InChI=1S/C19H28N4O2/c1-3-22-12-19(11-16(22)24)6-8-23(9-7-19)18(25)17-14-10-13(2)4-5-15(14)20-21-17/h13H,3-12H2,1-2H3,(H,20,21)/t13-/m0/s1. The number of piperidine rings is 1. The van der Waals surface area contributed by atoms with Crippen LogP contribution in [-0.2, 0) is 17.6 Å². The highest BCUT2D eigenvalue weighted by Crippen LogP contribution is 2.41. The molecule has 1 aliphatic carbocycles. The van der Waals surface area contributed by atoms with Gasteiger partial charge in [0.2, 0.25) is 5.91 Å². The first-order chi connectivity index (χ1) is 12.0. The van der Waals surface area contributed by atoms with Crippen molar-refractivity contribution in [2.75, 3.05) is 26.2 Å². The number of fused-ring (bicyclic) bond motifs is 1. The zero-order valence-corrected chi connectivity index (χ0v) is 15.3. The third kappa shape index (κ3) is 2.85. The molecule has 6 nitrogen and oxygen atoms in total. The lowest BCUT2D eigenvalue weighted by atomic mass is 9.77. The molecular formula is C19H28N4O2. The number of hydrogen-bond donors (Lipinski definition) is 1. The number of aryl methyl sites for hydroxylation is 1. The van der Waals surface area contributed by atoms with Crippen LogP contribution < -0.4 is 0 Å². The molecule has 0 bridgehead atoms. The zero-order chi connectivity index (χ0) is 17.6. The fourth-order valence-corrected chi connectivity index (χ4v) is 4.78. The van der Waals surface area contributed by atoms with E-state index in [0.717, 1.165) is 69.5 Å². The maximum Gasteiger partial charge on any atom is 0.274 e. The maximum absolute atomic E-state index is 13.0. The normalized spacial score (nSPS) is 25.5. The van der Waals surface area contributed by atoms with Crippen molar-refractivity contribution in [2.24, 2.45) is 11.3 Å². The van der Waals surface area contributed by atoms with Gasteiger partial charge in [-0.05, 0) is 44.9 Å². The smallest absolute Gasteiger partial charge is 0.274 e. The molecule has 1 atom stereocenters. The first-order valence-electron chi connectivity index (χ1n) is 9.64. The summed E-state index contributed by atoms with van der Waals surface area (Å²) in [4.78, 5) is 29.0. The number of rotatable bonds is 2. The van der Waals surface area contributed by atoms with Crippen molar-refractivity contribution in [3.8, 4) is 0 Å². The van der Waals surface area contributed by atoms with Gasteiger partial charge in [0.05, 0.1) is 0 Å². The third-order valence-corrected chi connectivity index (χ3v) is 6.49. The fourth-order valence-electron chi connectivity index (χ4n) is 4.78. The zero-order valence-electron chi connectivity index (χ0n) is 15.3. The molecular weight excluding hydrogens is 316 g/mol. The van der Waals surface area contributed by atoms with Crippen molar-refractivity contribution in [1.82, 2.24) is 20.0 Å². The van der Waals surface area contributed by atoms with E-state index >= 15 is 0 Å². The van der Waals surface area contributed by atoms with E-state index in [4.69, 9.17) is 0 Å². The highest BCUT2D eigenvalue weighted by atomic mass is 16.2. The van der Waals surface area contributed by atoms with Gasteiger partial charge in [0.25, 0.3) is 5.91 Å². The monoisotopic (exact) mass is 344 g/mol. The minimum absolute atomic E-state index is 0.0677. The summed E-state index contributed by atoms with van der Waals surface area (Å²) in [5.41, 5.74) is 3.01. The van der Waals surface area contributed by atoms with Crippen LogP contribution in [0.25, 0.3) is 0 Å². The molecule has 2 aliphatic heterocycles. The summed E-state index contributed by atoms with van der Waals surface area (Å²) in [7, 11) is 0. The van der Waals surface area contributed by atoms with E-state index in [2.05, 4.69) is 17.1 Å². The molecule has 0 unspecified atom stereocenters. The molecule has 4 rings (SSSR count). The van der Waals surface area contributed by atoms with Crippen LogP contribution in [0.5, 0.6) is 0 Å². The lowest BCUT2D eigenvalue weighted by molar-refractivity contribution is -0.127. The Hall–Kier alpha value is -1.85. The summed E-state index contributed by atoms with van der Waals surface area (Å²) in [6, 6.07) is 0. The summed E-state index contributed by atoms with van der Waals surface area (Å²) < 4.78 is 0. The first-order valence-corrected chi connectivity index (χ1v) is 9.64. The number of nitrogens with zero attached hydrogens (tertiary/aromatic N) is 3. The predicted octanol–water partition coefficient (Wildman–Crippen LogP) is 2.01. The van der Waals surface area contributed by atoms with Crippen LogP contribution in [0.15, 0.2) is 0 Å². The second kappa shape index (κ2) is 6.15. The van der Waals surface area contributed by atoms with Crippen LogP contribution in [0.2, 0.25) is 0 Å². The number of H-pyrrole nitrogens is 1. The summed E-state index contributed by atoms with van der Waals surface area (Å²) in [6.45, 7) is 7.41. The molecule has 1 spiro atoms. The number of carbonyl (C=O) groups is 2. The average Bonchev–Trinajstić information content (AvgIpc) is 3.15. The van der Waals surface area contributed by atoms with Crippen LogP contribution in [0.1, 0.15) is 61.3 Å². The second-order valence-electron chi connectivity index (χ2n) is 8.25. The quantitative estimate of drug-likeness (QED) is 0.892. The molecule has 1 aromatic rings. The van der Waals surface area contributed by atoms with E-state index in [-0.39, 0.29) is 17.2 Å². The van der Waals surface area contributed by atoms with E-state index in [1.165, 1.54) is 0 Å². The van der Waals surface area contributed by atoms with Crippen LogP contribution in [-0.4, -0.2) is 58.0 Å². The SMILES string of the molecule is CCN1CC2(CCN(C(=O)c3n[nH]c4c3C[C@@H](C)CC4)CC2)CC1=O. The molecule has 2 fully saturated rings. The number of nitrogens with one attached hydrogen (secondary N) is 1. The van der Waals surface area contributed by atoms with Gasteiger partial charge in [0.1, 0.15) is 0 Å². The number of aromatic amines is 1. The topological polar surface area (TPSA) is 69.3 Å². The van der Waals surface area contributed by atoms with Crippen LogP contribution in [0.3, 0.4) is 0 Å². The largest absolute Gasteiger partial charge is 0.342 e. The summed E-state index contributed by atoms with van der Waals surface area (Å²) in [6.07, 6.45) is 5.60. The molecule has 0 aromatic carbocycles. The number of likely N-dealkylation sites (tertiary alicyclic amines) is 2. The van der Waals surface area contributed by atoms with E-state index in [1.807, 2.05) is 16.7 Å². The van der Waals surface area contributed by atoms with Crippen molar-refractivity contribution in [3.63, 3.8) is 0 Å². The van der Waals surface area contributed by atoms with Crippen LogP contribution in [0, 0.1) is 11.3 Å². The number of aromatic nitrogens is 2. The van der Waals surface area contributed by atoms with Crippen molar-refractivity contribution in [3.05, 3.63) is 17.0 Å². The van der Waals surface area contributed by atoms with E-state index < -0.39 is 0 Å². The van der Waals surface area contributed by atoms with Crippen molar-refractivity contribution >= 4 is 11.8 Å². The molecule has 3 aliphatic rings. The first kappa shape index (κ1) is 16.6. The lowest BCUT2D eigenvalue weighted by Gasteiger charge is -2.38. The Morgan fingerprint density at radius 2 is 2.12 bits per heavy atom. The van der Waals surface area contributed by atoms with E-state index in [1.54, 1.807) is 0 Å². The highest BCUT2D eigenvalue weighted by molar-refractivity contribution is 5.94. The Morgan fingerprint density at radius 1 is 1.36 bits per heavy atom. The van der Waals surface area contributed by atoms with Gasteiger partial charge in [-0.1, -0.05) is 6.92 Å². The Kier molecular flexibility index (Phi) is 4.08. The van der Waals surface area contributed by atoms with E-state index in [9.17, 15) is 9.59 Å². The Labute approximate surface area is 148 Å².